The molecule has 1 aromatic heterocycles. The van der Waals surface area contributed by atoms with E-state index in [1.165, 1.54) is 11.3 Å². The lowest BCUT2D eigenvalue weighted by atomic mass is 10.1. The summed E-state index contributed by atoms with van der Waals surface area (Å²) in [6.45, 7) is 4.56. The van der Waals surface area contributed by atoms with Gasteiger partial charge in [-0.15, -0.1) is 0 Å². The lowest BCUT2D eigenvalue weighted by Gasteiger charge is -2.06. The Kier molecular flexibility index (Phi) is 7.19. The summed E-state index contributed by atoms with van der Waals surface area (Å²) in [6.07, 6.45) is 0.933. The number of thiazole rings is 1. The lowest BCUT2D eigenvalue weighted by Crippen LogP contribution is -2.23. The highest BCUT2D eigenvalue weighted by atomic mass is 32.1. The summed E-state index contributed by atoms with van der Waals surface area (Å²) >= 11 is 1.36. The highest BCUT2D eigenvalue weighted by Crippen LogP contribution is 2.23. The molecule has 0 fully saturated rings. The Bertz CT molecular complexity index is 1050. The summed E-state index contributed by atoms with van der Waals surface area (Å²) in [7, 11) is 0. The van der Waals surface area contributed by atoms with E-state index >= 15 is 0 Å². The SMILES string of the molecule is CCOC(=O)Cn1c(=NC(=O)CCc2ccccc2)sc2cc(OCC)ccc21. The number of aromatic nitrogens is 1. The van der Waals surface area contributed by atoms with Crippen molar-refractivity contribution in [1.29, 1.82) is 0 Å². The third-order valence-corrected chi connectivity index (χ3v) is 5.29. The zero-order valence-electron chi connectivity index (χ0n) is 16.6. The van der Waals surface area contributed by atoms with Gasteiger partial charge < -0.3 is 14.0 Å². The largest absolute Gasteiger partial charge is 0.494 e. The van der Waals surface area contributed by atoms with Crippen molar-refractivity contribution < 1.29 is 19.1 Å². The smallest absolute Gasteiger partial charge is 0.326 e. The quantitative estimate of drug-likeness (QED) is 0.529. The molecule has 0 unspecified atom stereocenters. The summed E-state index contributed by atoms with van der Waals surface area (Å²) in [5, 5.41) is 0. The zero-order chi connectivity index (χ0) is 20.6. The number of hydrogen-bond donors (Lipinski definition) is 0. The fourth-order valence-corrected chi connectivity index (χ4v) is 4.02. The number of carbonyl (C=O) groups excluding carboxylic acids is 2. The van der Waals surface area contributed by atoms with Gasteiger partial charge in [-0.05, 0) is 44.0 Å². The molecule has 0 aliphatic rings. The fraction of sp³-hybridized carbons (Fsp3) is 0.318. The molecule has 3 rings (SSSR count). The first-order valence-corrected chi connectivity index (χ1v) is 10.5. The maximum atomic E-state index is 12.5. The number of fused-ring (bicyclic) bond motifs is 1. The van der Waals surface area contributed by atoms with Crippen LogP contribution in [-0.4, -0.2) is 29.7 Å². The molecule has 2 aromatic carbocycles. The fourth-order valence-electron chi connectivity index (χ4n) is 2.94. The first-order chi connectivity index (χ1) is 14.1. The Morgan fingerprint density at radius 3 is 2.59 bits per heavy atom. The van der Waals surface area contributed by atoms with E-state index < -0.39 is 0 Å². The number of aryl methyl sites for hydroxylation is 1. The Labute approximate surface area is 173 Å². The summed E-state index contributed by atoms with van der Waals surface area (Å²) < 4.78 is 13.3. The third kappa shape index (κ3) is 5.54. The normalized spacial score (nSPS) is 11.6. The van der Waals surface area contributed by atoms with Crippen LogP contribution in [0.15, 0.2) is 53.5 Å². The molecule has 0 radical (unpaired) electrons. The van der Waals surface area contributed by atoms with Crippen molar-refractivity contribution in [2.45, 2.75) is 33.2 Å². The van der Waals surface area contributed by atoms with Gasteiger partial charge in [-0.3, -0.25) is 9.59 Å². The first-order valence-electron chi connectivity index (χ1n) is 9.64. The van der Waals surface area contributed by atoms with Gasteiger partial charge in [0.15, 0.2) is 4.80 Å². The van der Waals surface area contributed by atoms with E-state index in [0.29, 0.717) is 30.9 Å². The molecule has 6 nitrogen and oxygen atoms in total. The number of nitrogens with zero attached hydrogens (tertiary/aromatic N) is 2. The van der Waals surface area contributed by atoms with Gasteiger partial charge >= 0.3 is 5.97 Å². The first kappa shape index (κ1) is 20.8. The molecular weight excluding hydrogens is 388 g/mol. The van der Waals surface area contributed by atoms with E-state index in [-0.39, 0.29) is 18.4 Å². The minimum absolute atomic E-state index is 0.00657. The molecule has 3 aromatic rings. The molecule has 0 N–H and O–H groups in total. The van der Waals surface area contributed by atoms with Crippen molar-refractivity contribution >= 4 is 33.4 Å². The summed E-state index contributed by atoms with van der Waals surface area (Å²) in [6, 6.07) is 15.5. The lowest BCUT2D eigenvalue weighted by molar-refractivity contribution is -0.143. The van der Waals surface area contributed by atoms with Crippen LogP contribution in [0.25, 0.3) is 10.2 Å². The van der Waals surface area contributed by atoms with E-state index in [2.05, 4.69) is 4.99 Å². The highest BCUT2D eigenvalue weighted by Gasteiger charge is 2.13. The van der Waals surface area contributed by atoms with Gasteiger partial charge in [-0.25, -0.2) is 0 Å². The number of amides is 1. The number of carbonyl (C=O) groups is 2. The molecule has 152 valence electrons. The van der Waals surface area contributed by atoms with Crippen molar-refractivity contribution in [3.63, 3.8) is 0 Å². The molecule has 7 heteroatoms. The van der Waals surface area contributed by atoms with Crippen molar-refractivity contribution in [3.05, 3.63) is 58.9 Å². The van der Waals surface area contributed by atoms with Gasteiger partial charge in [0.05, 0.1) is 23.4 Å². The van der Waals surface area contributed by atoms with Gasteiger partial charge in [0.2, 0.25) is 5.91 Å². The Balaban J connectivity index is 1.91. The average Bonchev–Trinajstić information content (AvgIpc) is 3.04. The summed E-state index contributed by atoms with van der Waals surface area (Å²) in [5.41, 5.74) is 1.91. The predicted octanol–water partition coefficient (Wildman–Crippen LogP) is 3.72. The number of hydrogen-bond acceptors (Lipinski definition) is 5. The number of rotatable bonds is 8. The Morgan fingerprint density at radius 2 is 1.86 bits per heavy atom. The summed E-state index contributed by atoms with van der Waals surface area (Å²) in [4.78, 5) is 29.3. The third-order valence-electron chi connectivity index (χ3n) is 4.25. The van der Waals surface area contributed by atoms with Gasteiger partial charge in [0, 0.05) is 6.42 Å². The standard InChI is InChI=1S/C22H24N2O4S/c1-3-27-17-11-12-18-19(14-17)29-22(24(18)15-21(26)28-4-2)23-20(25)13-10-16-8-6-5-7-9-16/h5-9,11-12,14H,3-4,10,13,15H2,1-2H3. The molecule has 0 bridgehead atoms. The van der Waals surface area contributed by atoms with Crippen LogP contribution in [0, 0.1) is 0 Å². The van der Waals surface area contributed by atoms with E-state index in [9.17, 15) is 9.59 Å². The second kappa shape index (κ2) is 10.0. The van der Waals surface area contributed by atoms with Crippen LogP contribution in [0.4, 0.5) is 0 Å². The van der Waals surface area contributed by atoms with Crippen LogP contribution >= 0.6 is 11.3 Å². The minimum atomic E-state index is -0.362. The Hall–Kier alpha value is -2.93. The Morgan fingerprint density at radius 1 is 1.07 bits per heavy atom. The molecule has 0 aliphatic heterocycles. The molecule has 1 amide bonds. The second-order valence-corrected chi connectivity index (χ2v) is 7.34. The maximum absolute atomic E-state index is 12.5. The van der Waals surface area contributed by atoms with Crippen LogP contribution in [-0.2, 0) is 27.3 Å². The molecule has 29 heavy (non-hydrogen) atoms. The van der Waals surface area contributed by atoms with Crippen LogP contribution in [0.5, 0.6) is 5.75 Å². The maximum Gasteiger partial charge on any atom is 0.326 e. The van der Waals surface area contributed by atoms with Crippen LogP contribution < -0.4 is 9.54 Å². The number of ether oxygens (including phenoxy) is 2. The molecule has 0 aliphatic carbocycles. The van der Waals surface area contributed by atoms with Crippen molar-refractivity contribution in [1.82, 2.24) is 4.57 Å². The van der Waals surface area contributed by atoms with Gasteiger partial charge in [-0.2, -0.15) is 4.99 Å². The van der Waals surface area contributed by atoms with E-state index in [0.717, 1.165) is 21.5 Å². The van der Waals surface area contributed by atoms with Crippen molar-refractivity contribution in [2.24, 2.45) is 4.99 Å². The summed E-state index contributed by atoms with van der Waals surface area (Å²) in [5.74, 6) is 0.161. The molecule has 0 saturated heterocycles. The van der Waals surface area contributed by atoms with E-state index in [1.54, 1.807) is 11.5 Å². The predicted molar refractivity (Wildman–Crippen MR) is 113 cm³/mol. The van der Waals surface area contributed by atoms with Crippen LogP contribution in [0.2, 0.25) is 0 Å². The van der Waals surface area contributed by atoms with Crippen molar-refractivity contribution in [3.8, 4) is 5.75 Å². The van der Waals surface area contributed by atoms with Crippen LogP contribution in [0.3, 0.4) is 0 Å². The number of esters is 1. The number of benzene rings is 2. The monoisotopic (exact) mass is 412 g/mol. The van der Waals surface area contributed by atoms with E-state index in [4.69, 9.17) is 9.47 Å². The van der Waals surface area contributed by atoms with Gasteiger partial charge in [-0.1, -0.05) is 41.7 Å². The molecule has 1 heterocycles. The molecule has 0 atom stereocenters. The molecule has 0 saturated carbocycles. The highest BCUT2D eigenvalue weighted by molar-refractivity contribution is 7.16. The van der Waals surface area contributed by atoms with Crippen LogP contribution in [0.1, 0.15) is 25.8 Å². The minimum Gasteiger partial charge on any atom is -0.494 e. The average molecular weight is 413 g/mol. The van der Waals surface area contributed by atoms with E-state index in [1.807, 2.05) is 55.5 Å². The molecular formula is C22H24N2O4S. The van der Waals surface area contributed by atoms with Gasteiger partial charge in [0.1, 0.15) is 12.3 Å². The topological polar surface area (TPSA) is 69.9 Å². The van der Waals surface area contributed by atoms with Crippen molar-refractivity contribution in [2.75, 3.05) is 13.2 Å². The molecule has 0 spiro atoms. The second-order valence-electron chi connectivity index (χ2n) is 6.33. The zero-order valence-corrected chi connectivity index (χ0v) is 17.4. The van der Waals surface area contributed by atoms with Gasteiger partial charge in [0.25, 0.3) is 0 Å².